The molecule has 0 saturated carbocycles. The van der Waals surface area contributed by atoms with Crippen molar-refractivity contribution in [1.82, 2.24) is 5.32 Å². The molecular weight excluding hydrogens is 298 g/mol. The summed E-state index contributed by atoms with van der Waals surface area (Å²) in [6, 6.07) is 11.6. The number of carboxylic acid groups (broad SMARTS) is 1. The molecule has 0 fully saturated rings. The van der Waals surface area contributed by atoms with E-state index in [2.05, 4.69) is 36.5 Å². The van der Waals surface area contributed by atoms with Crippen LogP contribution in [0.5, 0.6) is 0 Å². The molecule has 4 nitrogen and oxygen atoms in total. The van der Waals surface area contributed by atoms with Gasteiger partial charge in [0, 0.05) is 11.3 Å². The van der Waals surface area contributed by atoms with Crippen molar-refractivity contribution in [3.8, 4) is 0 Å². The van der Waals surface area contributed by atoms with Gasteiger partial charge in [-0.15, -0.1) is 11.3 Å². The van der Waals surface area contributed by atoms with Gasteiger partial charge in [-0.05, 0) is 36.1 Å². The molecular formula is C17H19NO3S. The van der Waals surface area contributed by atoms with Crippen molar-refractivity contribution in [1.29, 1.82) is 0 Å². The third kappa shape index (κ3) is 4.70. The van der Waals surface area contributed by atoms with Crippen molar-refractivity contribution >= 4 is 23.2 Å². The highest BCUT2D eigenvalue weighted by atomic mass is 32.1. The van der Waals surface area contributed by atoms with E-state index < -0.39 is 5.97 Å². The predicted molar refractivity (Wildman–Crippen MR) is 87.3 cm³/mol. The SMILES string of the molecule is CCc1ccc(CCC(=O)NCc2ccc(C(=O)O)s2)cc1. The number of carbonyl (C=O) groups is 2. The molecule has 0 saturated heterocycles. The number of carboxylic acids is 1. The molecule has 1 heterocycles. The second-order valence-corrected chi connectivity index (χ2v) is 6.19. The van der Waals surface area contributed by atoms with E-state index >= 15 is 0 Å². The van der Waals surface area contributed by atoms with Gasteiger partial charge in [-0.3, -0.25) is 4.79 Å². The summed E-state index contributed by atoms with van der Waals surface area (Å²) in [5.41, 5.74) is 2.44. The van der Waals surface area contributed by atoms with E-state index in [0.717, 1.165) is 16.9 Å². The number of aromatic carboxylic acids is 1. The fraction of sp³-hybridized carbons (Fsp3) is 0.294. The number of carbonyl (C=O) groups excluding carboxylic acids is 1. The smallest absolute Gasteiger partial charge is 0.345 e. The van der Waals surface area contributed by atoms with Crippen LogP contribution in [0.2, 0.25) is 0 Å². The Morgan fingerprint density at radius 1 is 1.09 bits per heavy atom. The van der Waals surface area contributed by atoms with Crippen molar-refractivity contribution in [3.63, 3.8) is 0 Å². The van der Waals surface area contributed by atoms with Gasteiger partial charge in [-0.2, -0.15) is 0 Å². The molecule has 1 aromatic carbocycles. The molecule has 22 heavy (non-hydrogen) atoms. The summed E-state index contributed by atoms with van der Waals surface area (Å²) in [6.07, 6.45) is 2.16. The van der Waals surface area contributed by atoms with E-state index in [0.29, 0.717) is 24.3 Å². The van der Waals surface area contributed by atoms with E-state index in [1.807, 2.05) is 0 Å². The summed E-state index contributed by atoms with van der Waals surface area (Å²) in [6.45, 7) is 2.49. The minimum absolute atomic E-state index is 0.0233. The van der Waals surface area contributed by atoms with Gasteiger partial charge >= 0.3 is 5.97 Å². The first kappa shape index (κ1) is 16.2. The Morgan fingerprint density at radius 2 is 1.77 bits per heavy atom. The molecule has 0 unspecified atom stereocenters. The first-order valence-electron chi connectivity index (χ1n) is 7.25. The third-order valence-electron chi connectivity index (χ3n) is 3.40. The molecule has 0 aliphatic heterocycles. The monoisotopic (exact) mass is 317 g/mol. The van der Waals surface area contributed by atoms with Gasteiger partial charge in [0.25, 0.3) is 0 Å². The summed E-state index contributed by atoms with van der Waals surface area (Å²) in [5.74, 6) is -0.956. The van der Waals surface area contributed by atoms with E-state index in [4.69, 9.17) is 5.11 Å². The number of benzene rings is 1. The van der Waals surface area contributed by atoms with Crippen molar-refractivity contribution in [2.45, 2.75) is 32.7 Å². The molecule has 2 aromatic rings. The number of hydrogen-bond donors (Lipinski definition) is 2. The van der Waals surface area contributed by atoms with Crippen molar-refractivity contribution in [2.75, 3.05) is 0 Å². The highest BCUT2D eigenvalue weighted by Gasteiger charge is 2.08. The van der Waals surface area contributed by atoms with Crippen LogP contribution in [0.4, 0.5) is 0 Å². The maximum absolute atomic E-state index is 11.8. The van der Waals surface area contributed by atoms with Gasteiger partial charge < -0.3 is 10.4 Å². The second kappa shape index (κ2) is 7.75. The molecule has 0 aliphatic rings. The third-order valence-corrected chi connectivity index (χ3v) is 4.48. The van der Waals surface area contributed by atoms with Crippen LogP contribution in [0.1, 0.15) is 39.0 Å². The quantitative estimate of drug-likeness (QED) is 0.823. The van der Waals surface area contributed by atoms with E-state index in [9.17, 15) is 9.59 Å². The first-order chi connectivity index (χ1) is 10.6. The van der Waals surface area contributed by atoms with E-state index in [-0.39, 0.29) is 5.91 Å². The minimum atomic E-state index is -0.932. The van der Waals surface area contributed by atoms with Gasteiger partial charge in [0.1, 0.15) is 4.88 Å². The summed E-state index contributed by atoms with van der Waals surface area (Å²) < 4.78 is 0. The lowest BCUT2D eigenvalue weighted by Gasteiger charge is -2.05. The normalized spacial score (nSPS) is 10.4. The van der Waals surface area contributed by atoms with Crippen LogP contribution in [0, 0.1) is 0 Å². The number of nitrogens with one attached hydrogen (secondary N) is 1. The summed E-state index contributed by atoms with van der Waals surface area (Å²) in [7, 11) is 0. The Morgan fingerprint density at radius 3 is 2.36 bits per heavy atom. The minimum Gasteiger partial charge on any atom is -0.477 e. The molecule has 5 heteroatoms. The molecule has 116 valence electrons. The average molecular weight is 317 g/mol. The zero-order valence-corrected chi connectivity index (χ0v) is 13.3. The Bertz CT molecular complexity index is 646. The fourth-order valence-corrected chi connectivity index (χ4v) is 2.85. The summed E-state index contributed by atoms with van der Waals surface area (Å²) in [5, 5.41) is 11.7. The molecule has 0 spiro atoms. The molecule has 1 aromatic heterocycles. The first-order valence-corrected chi connectivity index (χ1v) is 8.06. The van der Waals surface area contributed by atoms with Gasteiger partial charge in [-0.25, -0.2) is 4.79 Å². The lowest BCUT2D eigenvalue weighted by atomic mass is 10.1. The van der Waals surface area contributed by atoms with Gasteiger partial charge in [0.05, 0.1) is 6.54 Å². The topological polar surface area (TPSA) is 66.4 Å². The van der Waals surface area contributed by atoms with Crippen molar-refractivity contribution in [2.24, 2.45) is 0 Å². The number of aryl methyl sites for hydroxylation is 2. The van der Waals surface area contributed by atoms with Crippen LogP contribution in [-0.4, -0.2) is 17.0 Å². The maximum atomic E-state index is 11.8. The molecule has 0 aliphatic carbocycles. The molecule has 2 N–H and O–H groups in total. The number of amides is 1. The highest BCUT2D eigenvalue weighted by molar-refractivity contribution is 7.13. The van der Waals surface area contributed by atoms with Crippen molar-refractivity contribution < 1.29 is 14.7 Å². The molecule has 1 amide bonds. The fourth-order valence-electron chi connectivity index (χ4n) is 2.06. The zero-order chi connectivity index (χ0) is 15.9. The number of hydrogen-bond acceptors (Lipinski definition) is 3. The van der Waals surface area contributed by atoms with Crippen LogP contribution in [0.25, 0.3) is 0 Å². The lowest BCUT2D eigenvalue weighted by Crippen LogP contribution is -2.22. The molecule has 2 rings (SSSR count). The Kier molecular flexibility index (Phi) is 5.72. The van der Waals surface area contributed by atoms with Gasteiger partial charge in [-0.1, -0.05) is 31.2 Å². The Labute approximate surface area is 133 Å². The second-order valence-electron chi connectivity index (χ2n) is 5.02. The van der Waals surface area contributed by atoms with Crippen LogP contribution >= 0.6 is 11.3 Å². The Balaban J connectivity index is 1.76. The van der Waals surface area contributed by atoms with Crippen LogP contribution in [0.15, 0.2) is 36.4 Å². The lowest BCUT2D eigenvalue weighted by molar-refractivity contribution is -0.121. The Hall–Kier alpha value is -2.14. The largest absolute Gasteiger partial charge is 0.477 e. The highest BCUT2D eigenvalue weighted by Crippen LogP contribution is 2.16. The van der Waals surface area contributed by atoms with E-state index in [1.165, 1.54) is 16.9 Å². The maximum Gasteiger partial charge on any atom is 0.345 e. The standard InChI is InChI=1S/C17H19NO3S/c1-2-12-3-5-13(6-4-12)7-10-16(19)18-11-14-8-9-15(22-14)17(20)21/h3-6,8-9H,2,7,10-11H2,1H3,(H,18,19)(H,20,21). The molecule has 0 bridgehead atoms. The summed E-state index contributed by atoms with van der Waals surface area (Å²) >= 11 is 1.19. The van der Waals surface area contributed by atoms with Gasteiger partial charge in [0.2, 0.25) is 5.91 Å². The molecule has 0 atom stereocenters. The molecule has 0 radical (unpaired) electrons. The number of rotatable bonds is 7. The number of thiophene rings is 1. The van der Waals surface area contributed by atoms with Crippen molar-refractivity contribution in [3.05, 3.63) is 57.3 Å². The van der Waals surface area contributed by atoms with E-state index in [1.54, 1.807) is 12.1 Å². The van der Waals surface area contributed by atoms with Gasteiger partial charge in [0.15, 0.2) is 0 Å². The predicted octanol–water partition coefficient (Wildman–Crippen LogP) is 3.26. The average Bonchev–Trinajstić information content (AvgIpc) is 3.00. The van der Waals surface area contributed by atoms with Crippen LogP contribution in [0.3, 0.4) is 0 Å². The van der Waals surface area contributed by atoms with Crippen LogP contribution in [-0.2, 0) is 24.2 Å². The zero-order valence-electron chi connectivity index (χ0n) is 12.5. The van der Waals surface area contributed by atoms with Crippen LogP contribution < -0.4 is 5.32 Å². The summed E-state index contributed by atoms with van der Waals surface area (Å²) in [4.78, 5) is 23.7.